The van der Waals surface area contributed by atoms with Crippen LogP contribution in [0.5, 0.6) is 0 Å². The van der Waals surface area contributed by atoms with Crippen molar-refractivity contribution in [3.05, 3.63) is 35.2 Å². The van der Waals surface area contributed by atoms with Crippen LogP contribution in [0.1, 0.15) is 82.8 Å². The molecule has 4 rings (SSSR count). The highest BCUT2D eigenvalue weighted by molar-refractivity contribution is 5.87. The molecule has 2 saturated heterocycles. The fourth-order valence-electron chi connectivity index (χ4n) is 5.47. The van der Waals surface area contributed by atoms with Gasteiger partial charge in [0.1, 0.15) is 17.2 Å². The zero-order chi connectivity index (χ0) is 25.9. The third kappa shape index (κ3) is 6.20. The number of aryl methyl sites for hydroxylation is 4. The fraction of sp³-hybridized carbons (Fsp3) is 0.679. The van der Waals surface area contributed by atoms with Crippen molar-refractivity contribution in [2.45, 2.75) is 104 Å². The monoisotopic (exact) mass is 498 g/mol. The van der Waals surface area contributed by atoms with Crippen LogP contribution in [-0.2, 0) is 28.7 Å². The van der Waals surface area contributed by atoms with Crippen LogP contribution < -0.4 is 9.80 Å². The van der Waals surface area contributed by atoms with E-state index in [-0.39, 0.29) is 0 Å². The number of amides is 1. The molecule has 2 fully saturated rings. The van der Waals surface area contributed by atoms with Crippen LogP contribution >= 0.6 is 0 Å². The molecule has 0 N–H and O–H groups in total. The van der Waals surface area contributed by atoms with Gasteiger partial charge in [0.25, 0.3) is 0 Å². The van der Waals surface area contributed by atoms with E-state index in [0.717, 1.165) is 35.1 Å². The number of carbonyl (C=O) groups excluding carboxylic acids is 1. The van der Waals surface area contributed by atoms with Crippen LogP contribution in [0, 0.1) is 6.92 Å². The van der Waals surface area contributed by atoms with E-state index in [2.05, 4.69) is 28.9 Å². The van der Waals surface area contributed by atoms with Gasteiger partial charge in [-0.15, -0.1) is 0 Å². The number of hydrogen-bond acceptors (Lipinski definition) is 7. The molecule has 36 heavy (non-hydrogen) atoms. The van der Waals surface area contributed by atoms with Crippen molar-refractivity contribution < 1.29 is 18.7 Å². The van der Waals surface area contributed by atoms with Gasteiger partial charge < -0.3 is 18.8 Å². The van der Waals surface area contributed by atoms with Crippen molar-refractivity contribution in [1.29, 1.82) is 0 Å². The molecule has 2 aromatic heterocycles. The van der Waals surface area contributed by atoms with E-state index in [1.54, 1.807) is 12.0 Å². The lowest BCUT2D eigenvalue weighted by Crippen LogP contribution is -2.41. The Morgan fingerprint density at radius 2 is 1.86 bits per heavy atom. The van der Waals surface area contributed by atoms with Crippen molar-refractivity contribution >= 4 is 17.6 Å². The summed E-state index contributed by atoms with van der Waals surface area (Å²) in [5.41, 5.74) is 2.42. The molecule has 1 amide bonds. The first kappa shape index (κ1) is 26.5. The highest BCUT2D eigenvalue weighted by Crippen LogP contribution is 2.40. The summed E-state index contributed by atoms with van der Waals surface area (Å²) < 4.78 is 17.0. The summed E-state index contributed by atoms with van der Waals surface area (Å²) in [6.45, 7) is 10.5. The maximum Gasteiger partial charge on any atom is 0.416 e. The summed E-state index contributed by atoms with van der Waals surface area (Å²) in [6, 6.07) is 5.37. The number of anilines is 2. The Kier molecular flexibility index (Phi) is 8.23. The zero-order valence-electron chi connectivity index (χ0n) is 22.8. The first-order valence-corrected chi connectivity index (χ1v) is 13.4. The van der Waals surface area contributed by atoms with E-state index in [4.69, 9.17) is 18.9 Å². The second-order valence-corrected chi connectivity index (χ2v) is 11.0. The average Bonchev–Trinajstić information content (AvgIpc) is 3.31. The number of rotatable bonds is 9. The van der Waals surface area contributed by atoms with Gasteiger partial charge in [0.2, 0.25) is 0 Å². The average molecular weight is 499 g/mol. The third-order valence-corrected chi connectivity index (χ3v) is 7.10. The second-order valence-electron chi connectivity index (χ2n) is 11.0. The summed E-state index contributed by atoms with van der Waals surface area (Å²) in [7, 11) is 1.64. The minimum Gasteiger partial charge on any atom is -0.445 e. The molecule has 0 aromatic carbocycles. The number of carbonyl (C=O) groups is 1. The van der Waals surface area contributed by atoms with Gasteiger partial charge in [-0.1, -0.05) is 6.92 Å². The van der Waals surface area contributed by atoms with E-state index in [9.17, 15) is 4.79 Å². The number of methoxy groups -OCH3 is 1. The van der Waals surface area contributed by atoms with Crippen molar-refractivity contribution in [3.63, 3.8) is 0 Å². The van der Waals surface area contributed by atoms with Crippen LogP contribution in [-0.4, -0.2) is 54.0 Å². The van der Waals surface area contributed by atoms with Crippen LogP contribution in [0.3, 0.4) is 0 Å². The van der Waals surface area contributed by atoms with Gasteiger partial charge in [0.15, 0.2) is 5.89 Å². The maximum absolute atomic E-state index is 13.2. The fourth-order valence-corrected chi connectivity index (χ4v) is 5.47. The number of ether oxygens (including phenoxy) is 2. The number of oxazole rings is 1. The smallest absolute Gasteiger partial charge is 0.416 e. The molecular weight excluding hydrogens is 456 g/mol. The molecule has 2 aromatic rings. The van der Waals surface area contributed by atoms with E-state index >= 15 is 0 Å². The zero-order valence-corrected chi connectivity index (χ0v) is 22.8. The molecule has 198 valence electrons. The van der Waals surface area contributed by atoms with Crippen molar-refractivity contribution in [2.24, 2.45) is 0 Å². The van der Waals surface area contributed by atoms with Crippen molar-refractivity contribution in [2.75, 3.05) is 30.1 Å². The SMILES string of the molecule is CCc1oc(CCc2cc(N3C4CCCC3CC4)cc(N(CCOC)C(=O)OC(C)(C)C)n2)nc1C. The summed E-state index contributed by atoms with van der Waals surface area (Å²) in [5.74, 6) is 2.28. The minimum absolute atomic E-state index is 0.368. The number of nitrogens with zero attached hydrogens (tertiary/aromatic N) is 4. The molecule has 2 bridgehead atoms. The molecule has 2 atom stereocenters. The number of aromatic nitrogens is 2. The highest BCUT2D eigenvalue weighted by Gasteiger charge is 2.37. The third-order valence-electron chi connectivity index (χ3n) is 7.10. The molecule has 8 heteroatoms. The van der Waals surface area contributed by atoms with Crippen LogP contribution in [0.25, 0.3) is 0 Å². The van der Waals surface area contributed by atoms with Gasteiger partial charge >= 0.3 is 6.09 Å². The summed E-state index contributed by atoms with van der Waals surface area (Å²) in [6.07, 6.45) is 7.95. The molecule has 4 heterocycles. The summed E-state index contributed by atoms with van der Waals surface area (Å²) in [4.78, 5) is 27.0. The number of pyridine rings is 1. The number of hydrogen-bond donors (Lipinski definition) is 0. The Labute approximate surface area is 215 Å². The molecule has 0 aliphatic carbocycles. The van der Waals surface area contributed by atoms with E-state index in [0.29, 0.717) is 43.9 Å². The molecule has 2 unspecified atom stereocenters. The number of fused-ring (bicyclic) bond motifs is 2. The largest absolute Gasteiger partial charge is 0.445 e. The summed E-state index contributed by atoms with van der Waals surface area (Å²) >= 11 is 0. The minimum atomic E-state index is -0.603. The Bertz CT molecular complexity index is 1030. The molecule has 0 saturated carbocycles. The topological polar surface area (TPSA) is 80.9 Å². The Morgan fingerprint density at radius 3 is 2.47 bits per heavy atom. The molecule has 0 spiro atoms. The van der Waals surface area contributed by atoms with Crippen molar-refractivity contribution in [1.82, 2.24) is 9.97 Å². The Hall–Kier alpha value is -2.61. The normalized spacial score (nSPS) is 19.6. The predicted octanol–water partition coefficient (Wildman–Crippen LogP) is 5.63. The van der Waals surface area contributed by atoms with E-state index in [1.807, 2.05) is 27.7 Å². The van der Waals surface area contributed by atoms with E-state index in [1.165, 1.54) is 32.1 Å². The van der Waals surface area contributed by atoms with Gasteiger partial charge in [-0.05, 0) is 72.3 Å². The number of piperidine rings is 1. The predicted molar refractivity (Wildman–Crippen MR) is 141 cm³/mol. The molecular formula is C28H42N4O4. The van der Waals surface area contributed by atoms with Crippen LogP contribution in [0.2, 0.25) is 0 Å². The Balaban J connectivity index is 1.67. The van der Waals surface area contributed by atoms with Gasteiger partial charge in [-0.3, -0.25) is 4.90 Å². The standard InChI is InChI=1S/C28H42N4O4/c1-7-24-19(2)29-26(35-24)14-11-20-17-23(32-21-9-8-10-22(32)13-12-21)18-25(30-20)31(15-16-34-6)27(33)36-28(3,4)5/h17-18,21-22H,7-16H2,1-6H3. The summed E-state index contributed by atoms with van der Waals surface area (Å²) in [5, 5.41) is 0. The van der Waals surface area contributed by atoms with Gasteiger partial charge in [0.05, 0.1) is 18.8 Å². The molecule has 0 radical (unpaired) electrons. The Morgan fingerprint density at radius 1 is 1.14 bits per heavy atom. The van der Waals surface area contributed by atoms with Crippen LogP contribution in [0.15, 0.2) is 16.5 Å². The van der Waals surface area contributed by atoms with Gasteiger partial charge in [-0.25, -0.2) is 14.8 Å². The van der Waals surface area contributed by atoms with E-state index < -0.39 is 11.7 Å². The molecule has 8 nitrogen and oxygen atoms in total. The maximum atomic E-state index is 13.2. The lowest BCUT2D eigenvalue weighted by molar-refractivity contribution is 0.0568. The second kappa shape index (κ2) is 11.2. The lowest BCUT2D eigenvalue weighted by Gasteiger charge is -2.37. The first-order chi connectivity index (χ1) is 17.2. The van der Waals surface area contributed by atoms with Gasteiger partial charge in [-0.2, -0.15) is 0 Å². The highest BCUT2D eigenvalue weighted by atomic mass is 16.6. The quantitative estimate of drug-likeness (QED) is 0.443. The van der Waals surface area contributed by atoms with Crippen LogP contribution in [0.4, 0.5) is 16.3 Å². The molecule has 2 aliphatic rings. The van der Waals surface area contributed by atoms with Crippen molar-refractivity contribution in [3.8, 4) is 0 Å². The lowest BCUT2D eigenvalue weighted by atomic mass is 10.0. The van der Waals surface area contributed by atoms with Gasteiger partial charge in [0, 0.05) is 49.5 Å². The molecule has 2 aliphatic heterocycles. The first-order valence-electron chi connectivity index (χ1n) is 13.4.